The third-order valence-electron chi connectivity index (χ3n) is 5.04. The molecular weight excluding hydrogens is 286 g/mol. The molecule has 1 unspecified atom stereocenters. The van der Waals surface area contributed by atoms with E-state index in [1.54, 1.807) is 0 Å². The van der Waals surface area contributed by atoms with E-state index in [1.807, 2.05) is 0 Å². The normalized spacial score (nSPS) is 27.3. The molecule has 0 radical (unpaired) electrons. The Morgan fingerprint density at radius 2 is 2.10 bits per heavy atom. The molecule has 4 nitrogen and oxygen atoms in total. The minimum atomic E-state index is 0. The number of aromatic nitrogens is 2. The van der Waals surface area contributed by atoms with Gasteiger partial charge < -0.3 is 21.6 Å². The molecule has 3 heterocycles. The molecule has 21 heavy (non-hydrogen) atoms. The smallest absolute Gasteiger partial charge is 0.151 e. The van der Waals surface area contributed by atoms with Crippen molar-refractivity contribution in [2.45, 2.75) is 31.5 Å². The van der Waals surface area contributed by atoms with Gasteiger partial charge in [-0.1, -0.05) is 18.2 Å². The molecule has 0 aliphatic carbocycles. The molecule has 4 rings (SSSR count). The highest BCUT2D eigenvalue weighted by molar-refractivity contribution is 5.82. The third-order valence-corrected chi connectivity index (χ3v) is 5.04. The zero-order valence-electron chi connectivity index (χ0n) is 12.6. The van der Waals surface area contributed by atoms with Crippen molar-refractivity contribution in [1.29, 1.82) is 0 Å². The predicted octanol–water partition coefficient (Wildman–Crippen LogP) is -0.650. The fourth-order valence-electron chi connectivity index (χ4n) is 3.95. The van der Waals surface area contributed by atoms with E-state index in [9.17, 15) is 0 Å². The first-order valence-electron chi connectivity index (χ1n) is 7.56. The number of fused-ring (bicyclic) bond motifs is 3. The van der Waals surface area contributed by atoms with Crippen LogP contribution in [0.2, 0.25) is 0 Å². The Hall–Kier alpha value is -1.10. The highest BCUT2D eigenvalue weighted by Gasteiger charge is 2.44. The van der Waals surface area contributed by atoms with Gasteiger partial charge in [-0.25, -0.2) is 0 Å². The lowest BCUT2D eigenvalue weighted by atomic mass is 10.0. The van der Waals surface area contributed by atoms with Crippen LogP contribution in [-0.2, 0) is 11.3 Å². The molecule has 114 valence electrons. The van der Waals surface area contributed by atoms with Gasteiger partial charge >= 0.3 is 0 Å². The van der Waals surface area contributed by atoms with Gasteiger partial charge in [-0.2, -0.15) is 5.10 Å². The summed E-state index contributed by atoms with van der Waals surface area (Å²) in [4.78, 5) is 0. The first-order chi connectivity index (χ1) is 9.67. The largest absolute Gasteiger partial charge is 1.00 e. The molecular formula is C16H22ClN3O. The highest BCUT2D eigenvalue weighted by atomic mass is 35.5. The number of quaternary nitrogens is 1. The van der Waals surface area contributed by atoms with Crippen LogP contribution in [0.3, 0.4) is 0 Å². The Labute approximate surface area is 131 Å². The van der Waals surface area contributed by atoms with Gasteiger partial charge in [-0.05, 0) is 6.07 Å². The number of nitrogens with zero attached hydrogens (tertiary/aromatic N) is 3. The number of hydrogen-bond acceptors (Lipinski definition) is 2. The molecule has 0 N–H and O–H groups in total. The number of likely N-dealkylation sites (N-methyl/N-ethyl adjacent to an activating group) is 1. The molecule has 1 saturated heterocycles. The molecule has 5 heteroatoms. The Morgan fingerprint density at radius 1 is 1.29 bits per heavy atom. The summed E-state index contributed by atoms with van der Waals surface area (Å²) in [6.07, 6.45) is 2.73. The first kappa shape index (κ1) is 14.8. The monoisotopic (exact) mass is 307 g/mol. The van der Waals surface area contributed by atoms with E-state index in [-0.39, 0.29) is 18.5 Å². The molecule has 0 spiro atoms. The number of halogens is 1. The lowest BCUT2D eigenvalue weighted by Gasteiger charge is -2.38. The minimum Gasteiger partial charge on any atom is -1.00 e. The summed E-state index contributed by atoms with van der Waals surface area (Å²) in [6.45, 7) is 2.90. The van der Waals surface area contributed by atoms with E-state index in [1.165, 1.54) is 30.5 Å². The maximum Gasteiger partial charge on any atom is 0.151 e. The predicted molar refractivity (Wildman–Crippen MR) is 78.4 cm³/mol. The van der Waals surface area contributed by atoms with Gasteiger partial charge in [-0.15, -0.1) is 0 Å². The zero-order chi connectivity index (χ0) is 13.7. The summed E-state index contributed by atoms with van der Waals surface area (Å²) in [7, 11) is 4.66. The molecule has 2 aliphatic rings. The molecule has 0 saturated carbocycles. The van der Waals surface area contributed by atoms with Crippen LogP contribution < -0.4 is 12.4 Å². The Balaban J connectivity index is 0.00000132. The van der Waals surface area contributed by atoms with Crippen molar-refractivity contribution in [3.05, 3.63) is 30.0 Å². The van der Waals surface area contributed by atoms with Crippen molar-refractivity contribution in [3.8, 4) is 0 Å². The molecule has 0 amide bonds. The Morgan fingerprint density at radius 3 is 2.86 bits per heavy atom. The molecule has 0 bridgehead atoms. The van der Waals surface area contributed by atoms with Crippen LogP contribution in [0.25, 0.3) is 10.9 Å². The number of benzene rings is 1. The minimum absolute atomic E-state index is 0. The number of hydrogen-bond donors (Lipinski definition) is 0. The van der Waals surface area contributed by atoms with Crippen molar-refractivity contribution in [1.82, 2.24) is 9.78 Å². The average molecular weight is 308 g/mol. The maximum absolute atomic E-state index is 6.21. The van der Waals surface area contributed by atoms with Gasteiger partial charge in [0.15, 0.2) is 6.10 Å². The molecule has 1 fully saturated rings. The lowest BCUT2D eigenvalue weighted by molar-refractivity contribution is -0.906. The number of likely N-dealkylation sites (tertiary alicyclic amines) is 1. The van der Waals surface area contributed by atoms with Gasteiger partial charge in [0.1, 0.15) is 6.04 Å². The van der Waals surface area contributed by atoms with Crippen LogP contribution in [0.5, 0.6) is 0 Å². The third kappa shape index (κ3) is 2.26. The van der Waals surface area contributed by atoms with Crippen LogP contribution in [0.4, 0.5) is 0 Å². The standard InChI is InChI=1S/C16H22N3O.ClH/c1-19(2)10-5-8-14(19)16-15-12-6-3-4-7-13(12)17-18(15)9-11-20-16;/h3-4,6-7,14,16H,5,8-11H2,1-2H3;1H/q+1;/p-1/t14-,16?;/m0./s1. The van der Waals surface area contributed by atoms with E-state index in [0.717, 1.165) is 23.2 Å². The van der Waals surface area contributed by atoms with Crippen molar-refractivity contribution in [2.75, 3.05) is 27.2 Å². The Bertz CT molecular complexity index is 652. The maximum atomic E-state index is 6.21. The quantitative estimate of drug-likeness (QED) is 0.655. The van der Waals surface area contributed by atoms with Crippen molar-refractivity contribution < 1.29 is 21.6 Å². The van der Waals surface area contributed by atoms with Crippen molar-refractivity contribution in [3.63, 3.8) is 0 Å². The van der Waals surface area contributed by atoms with Gasteiger partial charge in [0.05, 0.1) is 45.0 Å². The first-order valence-corrected chi connectivity index (χ1v) is 7.56. The highest BCUT2D eigenvalue weighted by Crippen LogP contribution is 2.39. The van der Waals surface area contributed by atoms with Crippen LogP contribution in [0.15, 0.2) is 24.3 Å². The number of ether oxygens (including phenoxy) is 1. The van der Waals surface area contributed by atoms with Gasteiger partial charge in [0.25, 0.3) is 0 Å². The van der Waals surface area contributed by atoms with E-state index in [2.05, 4.69) is 43.0 Å². The summed E-state index contributed by atoms with van der Waals surface area (Å²) in [6, 6.07) is 9.00. The summed E-state index contributed by atoms with van der Waals surface area (Å²) in [5.41, 5.74) is 2.39. The molecule has 1 aromatic heterocycles. The second-order valence-corrected chi connectivity index (χ2v) is 6.63. The fraction of sp³-hybridized carbons (Fsp3) is 0.562. The van der Waals surface area contributed by atoms with E-state index in [0.29, 0.717) is 6.04 Å². The molecule has 2 aliphatic heterocycles. The lowest BCUT2D eigenvalue weighted by Crippen LogP contribution is -3.00. The van der Waals surface area contributed by atoms with Gasteiger partial charge in [0.2, 0.25) is 0 Å². The zero-order valence-corrected chi connectivity index (χ0v) is 13.4. The van der Waals surface area contributed by atoms with Crippen LogP contribution in [0.1, 0.15) is 24.6 Å². The summed E-state index contributed by atoms with van der Waals surface area (Å²) >= 11 is 0. The molecule has 2 atom stereocenters. The van der Waals surface area contributed by atoms with Crippen LogP contribution >= 0.6 is 0 Å². The van der Waals surface area contributed by atoms with Crippen LogP contribution in [0, 0.1) is 0 Å². The number of rotatable bonds is 1. The van der Waals surface area contributed by atoms with E-state index in [4.69, 9.17) is 9.84 Å². The van der Waals surface area contributed by atoms with Crippen molar-refractivity contribution in [2.24, 2.45) is 0 Å². The van der Waals surface area contributed by atoms with E-state index < -0.39 is 0 Å². The fourth-order valence-corrected chi connectivity index (χ4v) is 3.95. The van der Waals surface area contributed by atoms with E-state index >= 15 is 0 Å². The average Bonchev–Trinajstić information content (AvgIpc) is 2.98. The Kier molecular flexibility index (Phi) is 3.72. The second kappa shape index (κ2) is 5.27. The summed E-state index contributed by atoms with van der Waals surface area (Å²) in [5.74, 6) is 0. The topological polar surface area (TPSA) is 27.1 Å². The second-order valence-electron chi connectivity index (χ2n) is 6.63. The molecule has 2 aromatic rings. The SMILES string of the molecule is C[N+]1(C)CCC[C@H]1C1OCCn2nc3ccccc3c21.[Cl-]. The summed E-state index contributed by atoms with van der Waals surface area (Å²) in [5, 5.41) is 6.02. The van der Waals surface area contributed by atoms with Crippen molar-refractivity contribution >= 4 is 10.9 Å². The van der Waals surface area contributed by atoms with Gasteiger partial charge in [-0.3, -0.25) is 4.68 Å². The van der Waals surface area contributed by atoms with Crippen LogP contribution in [-0.4, -0.2) is 47.6 Å². The summed E-state index contributed by atoms with van der Waals surface area (Å²) < 4.78 is 9.45. The molecule has 1 aromatic carbocycles. The van der Waals surface area contributed by atoms with Gasteiger partial charge in [0, 0.05) is 18.2 Å².